The number of aromatic nitrogens is 1. The minimum absolute atomic E-state index is 1.12. The Hall–Kier alpha value is -0.0200. The number of aryl methyl sites for hydroxylation is 1. The molecule has 0 fully saturated rings. The van der Waals surface area contributed by atoms with E-state index in [1.807, 2.05) is 24.0 Å². The molecule has 0 aliphatic heterocycles. The molecule has 0 spiro atoms. The highest BCUT2D eigenvalue weighted by Crippen LogP contribution is 2.28. The molecule has 1 nitrogen and oxygen atoms in total. The molecule has 0 amide bonds. The molecule has 13 heavy (non-hydrogen) atoms. The third-order valence-corrected chi connectivity index (χ3v) is 4.13. The fraction of sp³-hybridized carbons (Fsp3) is 0.500. The summed E-state index contributed by atoms with van der Waals surface area (Å²) in [6.45, 7) is 4.30. The molecule has 3 heteroatoms. The summed E-state index contributed by atoms with van der Waals surface area (Å²) in [6, 6.07) is 2.02. The van der Waals surface area contributed by atoms with Crippen LogP contribution in [0.5, 0.6) is 0 Å². The molecule has 0 aliphatic rings. The van der Waals surface area contributed by atoms with Crippen LogP contribution in [0.1, 0.15) is 25.3 Å². The highest BCUT2D eigenvalue weighted by atomic mass is 79.9. The zero-order chi connectivity index (χ0) is 9.68. The Labute approximate surface area is 92.5 Å². The van der Waals surface area contributed by atoms with Gasteiger partial charge in [0.2, 0.25) is 0 Å². The lowest BCUT2D eigenvalue weighted by molar-refractivity contribution is 0.894. The van der Waals surface area contributed by atoms with Crippen LogP contribution in [0.15, 0.2) is 21.8 Å². The van der Waals surface area contributed by atoms with Crippen molar-refractivity contribution in [3.63, 3.8) is 0 Å². The smallest absolute Gasteiger partial charge is 0.110 e. The zero-order valence-corrected chi connectivity index (χ0v) is 10.4. The first-order valence-electron chi connectivity index (χ1n) is 4.49. The van der Waals surface area contributed by atoms with Crippen LogP contribution in [-0.2, 0) is 0 Å². The average molecular weight is 260 g/mol. The molecule has 0 saturated heterocycles. The van der Waals surface area contributed by atoms with E-state index in [1.54, 1.807) is 0 Å². The van der Waals surface area contributed by atoms with Crippen molar-refractivity contribution in [2.24, 2.45) is 0 Å². The number of unbranched alkanes of at least 4 members (excludes halogenated alkanes) is 1. The normalized spacial score (nSPS) is 10.4. The van der Waals surface area contributed by atoms with Gasteiger partial charge in [0.15, 0.2) is 0 Å². The van der Waals surface area contributed by atoms with E-state index in [9.17, 15) is 0 Å². The lowest BCUT2D eigenvalue weighted by atomic mass is 10.3. The fourth-order valence-corrected chi connectivity index (χ4v) is 2.56. The quantitative estimate of drug-likeness (QED) is 0.598. The van der Waals surface area contributed by atoms with Crippen LogP contribution in [0, 0.1) is 6.92 Å². The van der Waals surface area contributed by atoms with Gasteiger partial charge in [-0.05, 0) is 46.7 Å². The lowest BCUT2D eigenvalue weighted by Gasteiger charge is -2.04. The van der Waals surface area contributed by atoms with E-state index in [1.165, 1.54) is 18.4 Å². The predicted octanol–water partition coefficient (Wildman–Crippen LogP) is 4.04. The van der Waals surface area contributed by atoms with Gasteiger partial charge in [-0.3, -0.25) is 0 Å². The van der Waals surface area contributed by atoms with Crippen molar-refractivity contribution in [3.8, 4) is 0 Å². The van der Waals surface area contributed by atoms with Gasteiger partial charge < -0.3 is 0 Å². The molecule has 0 aromatic carbocycles. The SMILES string of the molecule is CCCCSc1nccc(C)c1Br. The van der Waals surface area contributed by atoms with Crippen molar-refractivity contribution >= 4 is 27.7 Å². The molecule has 1 aromatic heterocycles. The van der Waals surface area contributed by atoms with Gasteiger partial charge >= 0.3 is 0 Å². The zero-order valence-electron chi connectivity index (χ0n) is 8.01. The van der Waals surface area contributed by atoms with E-state index in [4.69, 9.17) is 0 Å². The average Bonchev–Trinajstić information content (AvgIpc) is 2.13. The molecule has 0 bridgehead atoms. The van der Waals surface area contributed by atoms with Gasteiger partial charge in [0.25, 0.3) is 0 Å². The molecule has 1 heterocycles. The summed E-state index contributed by atoms with van der Waals surface area (Å²) in [5, 5.41) is 1.12. The largest absolute Gasteiger partial charge is 0.249 e. The van der Waals surface area contributed by atoms with E-state index < -0.39 is 0 Å². The van der Waals surface area contributed by atoms with Gasteiger partial charge in [-0.15, -0.1) is 11.8 Å². The summed E-state index contributed by atoms with van der Waals surface area (Å²) < 4.78 is 1.15. The summed E-state index contributed by atoms with van der Waals surface area (Å²) >= 11 is 5.38. The standard InChI is InChI=1S/C10H14BrNS/c1-3-4-7-13-10-9(11)8(2)5-6-12-10/h5-6H,3-4,7H2,1-2H3. The number of thioether (sulfide) groups is 1. The van der Waals surface area contributed by atoms with Crippen LogP contribution in [-0.4, -0.2) is 10.7 Å². The summed E-state index contributed by atoms with van der Waals surface area (Å²) in [5.41, 5.74) is 1.26. The van der Waals surface area contributed by atoms with E-state index in [-0.39, 0.29) is 0 Å². The number of hydrogen-bond acceptors (Lipinski definition) is 2. The molecule has 0 saturated carbocycles. The van der Waals surface area contributed by atoms with Gasteiger partial charge in [0.05, 0.1) is 4.47 Å². The highest BCUT2D eigenvalue weighted by Gasteiger charge is 2.03. The second-order valence-electron chi connectivity index (χ2n) is 2.95. The number of pyridine rings is 1. The van der Waals surface area contributed by atoms with Gasteiger partial charge in [0, 0.05) is 6.20 Å². The molecule has 1 aromatic rings. The lowest BCUT2D eigenvalue weighted by Crippen LogP contribution is -1.86. The minimum Gasteiger partial charge on any atom is -0.249 e. The Morgan fingerprint density at radius 3 is 3.00 bits per heavy atom. The first-order chi connectivity index (χ1) is 6.25. The Morgan fingerprint density at radius 2 is 2.31 bits per heavy atom. The molecular weight excluding hydrogens is 246 g/mol. The Kier molecular flexibility index (Phi) is 4.81. The number of hydrogen-bond donors (Lipinski definition) is 0. The topological polar surface area (TPSA) is 12.9 Å². The van der Waals surface area contributed by atoms with Crippen molar-refractivity contribution < 1.29 is 0 Å². The molecule has 0 atom stereocenters. The molecule has 0 unspecified atom stereocenters. The first kappa shape index (κ1) is 11.1. The maximum absolute atomic E-state index is 4.33. The van der Waals surface area contributed by atoms with Gasteiger partial charge in [-0.25, -0.2) is 4.98 Å². The Balaban J connectivity index is 2.61. The van der Waals surface area contributed by atoms with E-state index >= 15 is 0 Å². The molecule has 0 radical (unpaired) electrons. The Bertz CT molecular complexity index is 276. The second kappa shape index (κ2) is 5.66. The second-order valence-corrected chi connectivity index (χ2v) is 4.83. The van der Waals surface area contributed by atoms with Crippen LogP contribution < -0.4 is 0 Å². The summed E-state index contributed by atoms with van der Waals surface area (Å²) in [7, 11) is 0. The van der Waals surface area contributed by atoms with Gasteiger partial charge in [-0.1, -0.05) is 13.3 Å². The third kappa shape index (κ3) is 3.31. The number of nitrogens with zero attached hydrogens (tertiary/aromatic N) is 1. The summed E-state index contributed by atoms with van der Waals surface area (Å²) in [4.78, 5) is 4.33. The first-order valence-corrected chi connectivity index (χ1v) is 6.27. The van der Waals surface area contributed by atoms with E-state index in [2.05, 4.69) is 34.8 Å². The molecule has 0 aliphatic carbocycles. The number of rotatable bonds is 4. The summed E-state index contributed by atoms with van der Waals surface area (Å²) in [5.74, 6) is 1.16. The molecule has 72 valence electrons. The summed E-state index contributed by atoms with van der Waals surface area (Å²) in [6.07, 6.45) is 4.37. The highest BCUT2D eigenvalue weighted by molar-refractivity contribution is 9.10. The van der Waals surface area contributed by atoms with Gasteiger partial charge in [0.1, 0.15) is 5.03 Å². The Morgan fingerprint density at radius 1 is 1.54 bits per heavy atom. The van der Waals surface area contributed by atoms with E-state index in [0.29, 0.717) is 0 Å². The van der Waals surface area contributed by atoms with Crippen molar-refractivity contribution in [1.29, 1.82) is 0 Å². The van der Waals surface area contributed by atoms with Crippen LogP contribution in [0.4, 0.5) is 0 Å². The molecule has 1 rings (SSSR count). The van der Waals surface area contributed by atoms with Crippen molar-refractivity contribution in [2.75, 3.05) is 5.75 Å². The van der Waals surface area contributed by atoms with Crippen LogP contribution in [0.2, 0.25) is 0 Å². The third-order valence-electron chi connectivity index (χ3n) is 1.79. The van der Waals surface area contributed by atoms with Crippen molar-refractivity contribution in [1.82, 2.24) is 4.98 Å². The number of halogens is 1. The maximum atomic E-state index is 4.33. The van der Waals surface area contributed by atoms with Crippen molar-refractivity contribution in [2.45, 2.75) is 31.7 Å². The van der Waals surface area contributed by atoms with E-state index in [0.717, 1.165) is 15.3 Å². The van der Waals surface area contributed by atoms with Crippen LogP contribution in [0.3, 0.4) is 0 Å². The predicted molar refractivity (Wildman–Crippen MR) is 62.3 cm³/mol. The van der Waals surface area contributed by atoms with Crippen LogP contribution in [0.25, 0.3) is 0 Å². The minimum atomic E-state index is 1.12. The fourth-order valence-electron chi connectivity index (χ4n) is 0.929. The van der Waals surface area contributed by atoms with Crippen LogP contribution >= 0.6 is 27.7 Å². The van der Waals surface area contributed by atoms with Gasteiger partial charge in [-0.2, -0.15) is 0 Å². The van der Waals surface area contributed by atoms with Crippen molar-refractivity contribution in [3.05, 3.63) is 22.3 Å². The maximum Gasteiger partial charge on any atom is 0.110 e. The molecule has 0 N–H and O–H groups in total. The molecular formula is C10H14BrNS. The monoisotopic (exact) mass is 259 g/mol.